The Morgan fingerprint density at radius 2 is 1.96 bits per heavy atom. The molecule has 1 amide bonds. The lowest BCUT2D eigenvalue weighted by Gasteiger charge is -2.23. The molecule has 0 unspecified atom stereocenters. The van der Waals surface area contributed by atoms with Crippen LogP contribution in [0.25, 0.3) is 0 Å². The third-order valence-corrected chi connectivity index (χ3v) is 6.88. The lowest BCUT2D eigenvalue weighted by Crippen LogP contribution is -2.43. The second kappa shape index (κ2) is 5.97. The predicted octanol–water partition coefficient (Wildman–Crippen LogP) is 1.45. The van der Waals surface area contributed by atoms with Gasteiger partial charge in [0.15, 0.2) is 6.39 Å². The van der Waals surface area contributed by atoms with Crippen LogP contribution in [0.2, 0.25) is 0 Å². The number of hydrogen-bond donors (Lipinski definition) is 0. The fourth-order valence-corrected chi connectivity index (χ4v) is 4.60. The van der Waals surface area contributed by atoms with Crippen LogP contribution in [0.5, 0.6) is 0 Å². The fraction of sp³-hybridized carbons (Fsp3) is 0.714. The summed E-state index contributed by atoms with van der Waals surface area (Å²) in [6.07, 6.45) is -1.96. The first-order valence-electron chi connectivity index (χ1n) is 7.74. The maximum Gasteiger partial charge on any atom is 0.394 e. The molecule has 25 heavy (non-hydrogen) atoms. The number of sulfonamides is 1. The molecule has 2 atom stereocenters. The van der Waals surface area contributed by atoms with E-state index in [-0.39, 0.29) is 11.7 Å². The molecule has 7 nitrogen and oxygen atoms in total. The van der Waals surface area contributed by atoms with Crippen molar-refractivity contribution in [1.29, 1.82) is 0 Å². The van der Waals surface area contributed by atoms with Crippen LogP contribution in [0.3, 0.4) is 0 Å². The van der Waals surface area contributed by atoms with E-state index in [1.807, 2.05) is 0 Å². The molecular weight excluding hydrogens is 363 g/mol. The quantitative estimate of drug-likeness (QED) is 0.788. The normalized spacial score (nSPS) is 25.0. The average Bonchev–Trinajstić information content (AvgIpc) is 3.06. The summed E-state index contributed by atoms with van der Waals surface area (Å²) in [5.74, 6) is -2.90. The largest absolute Gasteiger partial charge is 0.438 e. The number of carbonyl (C=O) groups is 1. The Balaban J connectivity index is 1.89. The van der Waals surface area contributed by atoms with Crippen LogP contribution < -0.4 is 0 Å². The van der Waals surface area contributed by atoms with Crippen molar-refractivity contribution in [3.05, 3.63) is 17.8 Å². The van der Waals surface area contributed by atoms with E-state index in [1.54, 1.807) is 0 Å². The predicted molar refractivity (Wildman–Crippen MR) is 80.3 cm³/mol. The Morgan fingerprint density at radius 1 is 1.32 bits per heavy atom. The van der Waals surface area contributed by atoms with Gasteiger partial charge in [-0.2, -0.15) is 13.2 Å². The highest BCUT2D eigenvalue weighted by atomic mass is 32.2. The van der Waals surface area contributed by atoms with Gasteiger partial charge in [0, 0.05) is 33.1 Å². The number of oxazole rings is 1. The molecule has 0 N–H and O–H groups in total. The van der Waals surface area contributed by atoms with E-state index >= 15 is 0 Å². The Morgan fingerprint density at radius 3 is 2.48 bits per heavy atom. The monoisotopic (exact) mass is 381 g/mol. The number of rotatable bonds is 4. The van der Waals surface area contributed by atoms with Crippen molar-refractivity contribution in [3.63, 3.8) is 0 Å². The molecule has 0 bridgehead atoms. The van der Waals surface area contributed by atoms with Gasteiger partial charge in [0.05, 0.1) is 11.6 Å². The maximum absolute atomic E-state index is 13.3. The van der Waals surface area contributed by atoms with Crippen molar-refractivity contribution in [2.45, 2.75) is 30.2 Å². The molecule has 1 aliphatic carbocycles. The lowest BCUT2D eigenvalue weighted by atomic mass is 10.1. The molecular formula is C14H18F3N3O4S. The summed E-state index contributed by atoms with van der Waals surface area (Å²) in [5, 5.41) is -1.74. The first-order chi connectivity index (χ1) is 11.5. The van der Waals surface area contributed by atoms with E-state index in [4.69, 9.17) is 4.42 Å². The summed E-state index contributed by atoms with van der Waals surface area (Å²) >= 11 is 0. The Bertz CT molecular complexity index is 771. The molecule has 11 heteroatoms. The average molecular weight is 381 g/mol. The van der Waals surface area contributed by atoms with Gasteiger partial charge in [0.2, 0.25) is 15.8 Å². The van der Waals surface area contributed by atoms with Crippen LogP contribution in [0, 0.1) is 5.92 Å². The van der Waals surface area contributed by atoms with Gasteiger partial charge in [-0.25, -0.2) is 17.7 Å². The summed E-state index contributed by atoms with van der Waals surface area (Å²) < 4.78 is 70.4. The van der Waals surface area contributed by atoms with Crippen LogP contribution in [-0.4, -0.2) is 67.1 Å². The Hall–Kier alpha value is -1.62. The number of hydrogen-bond acceptors (Lipinski definition) is 5. The van der Waals surface area contributed by atoms with Crippen LogP contribution in [0.15, 0.2) is 10.8 Å². The third kappa shape index (κ3) is 3.26. The second-order valence-electron chi connectivity index (χ2n) is 6.57. The van der Waals surface area contributed by atoms with Crippen molar-refractivity contribution >= 4 is 15.9 Å². The van der Waals surface area contributed by atoms with E-state index in [0.29, 0.717) is 5.69 Å². The first-order valence-corrected chi connectivity index (χ1v) is 9.24. The molecule has 1 aromatic rings. The highest BCUT2D eigenvalue weighted by molar-refractivity contribution is 7.89. The second-order valence-corrected chi connectivity index (χ2v) is 8.93. The van der Waals surface area contributed by atoms with Crippen LogP contribution in [-0.2, 0) is 10.0 Å². The minimum atomic E-state index is -4.73. The van der Waals surface area contributed by atoms with E-state index in [2.05, 4.69) is 4.98 Å². The number of halogens is 3. The lowest BCUT2D eigenvalue weighted by molar-refractivity contribution is -0.169. The standard InChI is InChI=1S/C14H18F3N3O4S/c1-19(2)25(22,23)10-6-20(5-9(10)14(15,16)17)13(21)12-11(8-3-4-8)18-7-24-12/h7-10H,3-6H2,1-2H3/t9-,10-/m1/s1. The van der Waals surface area contributed by atoms with Gasteiger partial charge in [0.25, 0.3) is 5.91 Å². The minimum absolute atomic E-state index is 0.0834. The maximum atomic E-state index is 13.3. The van der Waals surface area contributed by atoms with Gasteiger partial charge < -0.3 is 9.32 Å². The molecule has 1 saturated carbocycles. The fourth-order valence-electron chi connectivity index (χ4n) is 3.03. The molecule has 0 aromatic carbocycles. The Kier molecular flexibility index (Phi) is 4.34. The molecule has 140 valence electrons. The van der Waals surface area contributed by atoms with Crippen LogP contribution in [0.1, 0.15) is 35.0 Å². The number of nitrogens with zero attached hydrogens (tertiary/aromatic N) is 3. The summed E-state index contributed by atoms with van der Waals surface area (Å²) in [7, 11) is -1.83. The molecule has 0 radical (unpaired) electrons. The van der Waals surface area contributed by atoms with Crippen molar-refractivity contribution < 1.29 is 30.8 Å². The van der Waals surface area contributed by atoms with Crippen molar-refractivity contribution in [2.75, 3.05) is 27.2 Å². The van der Waals surface area contributed by atoms with E-state index in [1.165, 1.54) is 14.1 Å². The summed E-state index contributed by atoms with van der Waals surface area (Å²) in [4.78, 5) is 17.5. The first kappa shape index (κ1) is 18.2. The summed E-state index contributed by atoms with van der Waals surface area (Å²) in [6, 6.07) is 0. The van der Waals surface area contributed by atoms with Gasteiger partial charge in [-0.1, -0.05) is 0 Å². The molecule has 2 aliphatic rings. The van der Waals surface area contributed by atoms with E-state index in [9.17, 15) is 26.4 Å². The topological polar surface area (TPSA) is 83.7 Å². The molecule has 1 aliphatic heterocycles. The summed E-state index contributed by atoms with van der Waals surface area (Å²) in [5.41, 5.74) is 0.437. The summed E-state index contributed by atoms with van der Waals surface area (Å²) in [6.45, 7) is -1.25. The number of amides is 1. The molecule has 3 rings (SSSR count). The number of likely N-dealkylation sites (tertiary alicyclic amines) is 1. The van der Waals surface area contributed by atoms with E-state index < -0.39 is 46.4 Å². The van der Waals surface area contributed by atoms with Gasteiger partial charge in [0.1, 0.15) is 5.25 Å². The third-order valence-electron chi connectivity index (χ3n) is 4.62. The molecule has 2 heterocycles. The zero-order valence-electron chi connectivity index (χ0n) is 13.7. The smallest absolute Gasteiger partial charge is 0.394 e. The molecule has 0 spiro atoms. The van der Waals surface area contributed by atoms with Crippen LogP contribution in [0.4, 0.5) is 13.2 Å². The van der Waals surface area contributed by atoms with Crippen molar-refractivity contribution in [1.82, 2.24) is 14.2 Å². The van der Waals surface area contributed by atoms with Gasteiger partial charge in [-0.05, 0) is 12.8 Å². The van der Waals surface area contributed by atoms with Gasteiger partial charge in [-0.15, -0.1) is 0 Å². The van der Waals surface area contributed by atoms with Crippen molar-refractivity contribution in [2.24, 2.45) is 5.92 Å². The molecule has 1 saturated heterocycles. The van der Waals surface area contributed by atoms with Crippen molar-refractivity contribution in [3.8, 4) is 0 Å². The minimum Gasteiger partial charge on any atom is -0.438 e. The van der Waals surface area contributed by atoms with Crippen LogP contribution >= 0.6 is 0 Å². The SMILES string of the molecule is CN(C)S(=O)(=O)[C@@H]1CN(C(=O)c2ocnc2C2CC2)C[C@H]1C(F)(F)F. The number of aromatic nitrogens is 1. The number of carbonyl (C=O) groups excluding carboxylic acids is 1. The zero-order valence-corrected chi connectivity index (χ0v) is 14.5. The zero-order chi connectivity index (χ0) is 18.6. The molecule has 1 aromatic heterocycles. The van der Waals surface area contributed by atoms with E-state index in [0.717, 1.165) is 28.4 Å². The molecule has 2 fully saturated rings. The van der Waals surface area contributed by atoms with Gasteiger partial charge in [-0.3, -0.25) is 4.79 Å². The highest BCUT2D eigenvalue weighted by Gasteiger charge is 2.56. The Labute approximate surface area is 142 Å². The number of alkyl halides is 3. The van der Waals surface area contributed by atoms with Gasteiger partial charge >= 0.3 is 6.18 Å². The highest BCUT2D eigenvalue weighted by Crippen LogP contribution is 2.42.